The highest BCUT2D eigenvalue weighted by Gasteiger charge is 2.56. The van der Waals surface area contributed by atoms with E-state index in [0.29, 0.717) is 6.61 Å². The first-order valence-corrected chi connectivity index (χ1v) is 13.5. The van der Waals surface area contributed by atoms with Crippen molar-refractivity contribution in [3.63, 3.8) is 0 Å². The zero-order chi connectivity index (χ0) is 23.8. The van der Waals surface area contributed by atoms with Crippen molar-refractivity contribution in [1.82, 2.24) is 0 Å². The summed E-state index contributed by atoms with van der Waals surface area (Å²) in [6.45, 7) is 5.00. The van der Waals surface area contributed by atoms with Crippen LogP contribution in [-0.2, 0) is 0 Å². The molecule has 0 saturated heterocycles. The first kappa shape index (κ1) is 24.9. The summed E-state index contributed by atoms with van der Waals surface area (Å²) in [6, 6.07) is 21.5. The van der Waals surface area contributed by atoms with E-state index >= 15 is 0 Å². The average molecular weight is 459 g/mol. The Bertz CT molecular complexity index is 945. The fourth-order valence-electron chi connectivity index (χ4n) is 6.62. The van der Waals surface area contributed by atoms with Gasteiger partial charge in [0.05, 0.1) is 6.10 Å². The molecule has 0 aromatic heterocycles. The highest BCUT2D eigenvalue weighted by atomic mass is 16.3. The fraction of sp³-hybridized carbons (Fsp3) is 0.500. The Morgan fingerprint density at radius 1 is 0.824 bits per heavy atom. The van der Waals surface area contributed by atoms with Crippen LogP contribution in [-0.4, -0.2) is 22.9 Å². The molecular weight excluding hydrogens is 416 g/mol. The maximum atomic E-state index is 11.1. The molecule has 2 aromatic carbocycles. The molecule has 1 saturated carbocycles. The van der Waals surface area contributed by atoms with Gasteiger partial charge in [0, 0.05) is 17.9 Å². The number of hydrogen-bond acceptors (Lipinski definition) is 2. The molecule has 2 aromatic rings. The van der Waals surface area contributed by atoms with E-state index in [4.69, 9.17) is 5.11 Å². The van der Waals surface area contributed by atoms with Crippen LogP contribution in [0.15, 0.2) is 72.8 Å². The topological polar surface area (TPSA) is 40.5 Å². The van der Waals surface area contributed by atoms with Gasteiger partial charge < -0.3 is 10.2 Å². The van der Waals surface area contributed by atoms with Crippen LogP contribution in [0, 0.1) is 11.3 Å². The number of unbranched alkanes of at least 4 members (excludes halogenated alkanes) is 7. The number of hydrogen-bond donors (Lipinski definition) is 2. The quantitative estimate of drug-likeness (QED) is 0.300. The van der Waals surface area contributed by atoms with Crippen molar-refractivity contribution in [3.8, 4) is 0 Å². The molecule has 0 radical (unpaired) electrons. The van der Waals surface area contributed by atoms with Crippen molar-refractivity contribution in [2.24, 2.45) is 11.3 Å². The Kier molecular flexibility index (Phi) is 8.80. The highest BCUT2D eigenvalue weighted by molar-refractivity contribution is 5.90. The third-order valence-electron chi connectivity index (χ3n) is 8.31. The molecule has 2 heteroatoms. The second kappa shape index (κ2) is 12.0. The van der Waals surface area contributed by atoms with Gasteiger partial charge in [0.2, 0.25) is 0 Å². The van der Waals surface area contributed by atoms with E-state index in [9.17, 15) is 5.11 Å². The molecule has 4 rings (SSSR count). The summed E-state index contributed by atoms with van der Waals surface area (Å²) in [7, 11) is 0. The number of aliphatic hydroxyl groups excluding tert-OH is 2. The maximum Gasteiger partial charge on any atom is 0.0583 e. The van der Waals surface area contributed by atoms with E-state index in [1.54, 1.807) is 5.57 Å². The molecule has 0 bridgehead atoms. The lowest BCUT2D eigenvalue weighted by Gasteiger charge is -2.37. The number of benzene rings is 2. The number of rotatable bonds is 13. The highest BCUT2D eigenvalue weighted by Crippen LogP contribution is 2.66. The molecule has 0 amide bonds. The monoisotopic (exact) mass is 458 g/mol. The van der Waals surface area contributed by atoms with E-state index in [0.717, 1.165) is 38.5 Å². The van der Waals surface area contributed by atoms with Crippen molar-refractivity contribution < 1.29 is 10.2 Å². The van der Waals surface area contributed by atoms with Crippen molar-refractivity contribution in [3.05, 3.63) is 83.9 Å². The minimum absolute atomic E-state index is 0.163. The third-order valence-corrected chi connectivity index (χ3v) is 8.31. The van der Waals surface area contributed by atoms with E-state index < -0.39 is 0 Å². The van der Waals surface area contributed by atoms with Gasteiger partial charge in [0.1, 0.15) is 0 Å². The lowest BCUT2D eigenvalue weighted by Crippen LogP contribution is -2.29. The van der Waals surface area contributed by atoms with Gasteiger partial charge in [-0.05, 0) is 60.8 Å². The minimum atomic E-state index is -0.254. The second-order valence-electron chi connectivity index (χ2n) is 10.4. The molecule has 2 N–H and O–H groups in total. The molecule has 182 valence electrons. The maximum absolute atomic E-state index is 11.1. The van der Waals surface area contributed by atoms with Crippen molar-refractivity contribution in [2.45, 2.75) is 83.2 Å². The van der Waals surface area contributed by atoms with E-state index in [-0.39, 0.29) is 17.4 Å². The lowest BCUT2D eigenvalue weighted by atomic mass is 9.66. The van der Waals surface area contributed by atoms with Crippen molar-refractivity contribution in [2.75, 3.05) is 6.61 Å². The number of aliphatic hydroxyl groups is 2. The van der Waals surface area contributed by atoms with Crippen LogP contribution >= 0.6 is 0 Å². The summed E-state index contributed by atoms with van der Waals surface area (Å²) in [5.74, 6) is 0.233. The third kappa shape index (κ3) is 5.24. The predicted molar refractivity (Wildman–Crippen MR) is 143 cm³/mol. The summed E-state index contributed by atoms with van der Waals surface area (Å²) in [5.41, 5.74) is 6.56. The van der Waals surface area contributed by atoms with Crippen LogP contribution in [0.2, 0.25) is 0 Å². The Balaban J connectivity index is 1.53. The molecule has 0 heterocycles. The number of allylic oxidation sites excluding steroid dienone is 3. The van der Waals surface area contributed by atoms with Crippen LogP contribution < -0.4 is 0 Å². The van der Waals surface area contributed by atoms with Crippen molar-refractivity contribution in [1.29, 1.82) is 0 Å². The summed E-state index contributed by atoms with van der Waals surface area (Å²) < 4.78 is 0. The first-order chi connectivity index (χ1) is 16.7. The van der Waals surface area contributed by atoms with Gasteiger partial charge in [-0.1, -0.05) is 111 Å². The van der Waals surface area contributed by atoms with Crippen LogP contribution in [0.4, 0.5) is 0 Å². The van der Waals surface area contributed by atoms with Gasteiger partial charge in [-0.25, -0.2) is 0 Å². The van der Waals surface area contributed by atoms with E-state index in [1.807, 2.05) is 0 Å². The smallest absolute Gasteiger partial charge is 0.0583 e. The summed E-state index contributed by atoms with van der Waals surface area (Å²) in [5, 5.41) is 20.0. The van der Waals surface area contributed by atoms with Gasteiger partial charge >= 0.3 is 0 Å². The molecule has 3 atom stereocenters. The SMILES string of the molecule is C=C(c1ccccc1)C12CCC(O)C1CC(CCCCCCCCCCO)=C2c1ccccc1. The Morgan fingerprint density at radius 3 is 2.06 bits per heavy atom. The van der Waals surface area contributed by atoms with Gasteiger partial charge in [-0.15, -0.1) is 0 Å². The van der Waals surface area contributed by atoms with Crippen LogP contribution in [0.5, 0.6) is 0 Å². The number of fused-ring (bicyclic) bond motifs is 1. The zero-order valence-corrected chi connectivity index (χ0v) is 20.7. The molecule has 3 unspecified atom stereocenters. The normalized spacial score (nSPS) is 23.9. The van der Waals surface area contributed by atoms with Crippen LogP contribution in [0.25, 0.3) is 11.1 Å². The van der Waals surface area contributed by atoms with Crippen LogP contribution in [0.3, 0.4) is 0 Å². The Hall–Kier alpha value is -2.16. The zero-order valence-electron chi connectivity index (χ0n) is 20.7. The average Bonchev–Trinajstić information content (AvgIpc) is 3.38. The lowest BCUT2D eigenvalue weighted by molar-refractivity contribution is 0.120. The largest absolute Gasteiger partial charge is 0.396 e. The van der Waals surface area contributed by atoms with Gasteiger partial charge in [-0.3, -0.25) is 0 Å². The molecule has 2 aliphatic rings. The van der Waals surface area contributed by atoms with Gasteiger partial charge in [0.15, 0.2) is 0 Å². The van der Waals surface area contributed by atoms with E-state index in [2.05, 4.69) is 67.2 Å². The van der Waals surface area contributed by atoms with Gasteiger partial charge in [-0.2, -0.15) is 0 Å². The standard InChI is InChI=1S/C32H42O2/c1-25(26-16-11-8-12-17-26)32-22-21-30(34)29(32)24-28(31(32)27-18-13-9-14-19-27)20-10-6-4-2-3-5-7-15-23-33/h8-9,11-14,16-19,29-30,33-34H,1-7,10,15,20-24H2. The fourth-order valence-corrected chi connectivity index (χ4v) is 6.62. The molecule has 0 aliphatic heterocycles. The minimum Gasteiger partial charge on any atom is -0.396 e. The summed E-state index contributed by atoms with van der Waals surface area (Å²) >= 11 is 0. The Labute approximate surface area is 206 Å². The van der Waals surface area contributed by atoms with Gasteiger partial charge in [0.25, 0.3) is 0 Å². The summed E-state index contributed by atoms with van der Waals surface area (Å²) in [6.07, 6.45) is 13.4. The molecule has 0 spiro atoms. The molecular formula is C32H42O2. The van der Waals surface area contributed by atoms with Crippen molar-refractivity contribution >= 4 is 11.1 Å². The Morgan fingerprint density at radius 2 is 1.41 bits per heavy atom. The first-order valence-electron chi connectivity index (χ1n) is 13.5. The predicted octanol–water partition coefficient (Wildman–Crippen LogP) is 7.82. The summed E-state index contributed by atoms with van der Waals surface area (Å²) in [4.78, 5) is 0. The molecule has 34 heavy (non-hydrogen) atoms. The molecule has 2 nitrogen and oxygen atoms in total. The van der Waals surface area contributed by atoms with Crippen LogP contribution in [0.1, 0.15) is 88.2 Å². The second-order valence-corrected chi connectivity index (χ2v) is 10.4. The molecule has 2 aliphatic carbocycles. The molecule has 1 fully saturated rings. The van der Waals surface area contributed by atoms with E-state index in [1.165, 1.54) is 60.8 Å².